The molecule has 4 heteroatoms. The minimum Gasteiger partial charge on any atom is -0.361 e. The highest BCUT2D eigenvalue weighted by atomic mass is 35.5. The van der Waals surface area contributed by atoms with E-state index in [0.29, 0.717) is 5.56 Å². The summed E-state index contributed by atoms with van der Waals surface area (Å²) in [5.41, 5.74) is 3.59. The smallest absolute Gasteiger partial charge is 0.101 e. The van der Waals surface area contributed by atoms with Gasteiger partial charge in [0.1, 0.15) is 4.34 Å². The lowest BCUT2D eigenvalue weighted by atomic mass is 10.0. The quantitative estimate of drug-likeness (QED) is 0.689. The Labute approximate surface area is 107 Å². The molecular weight excluding hydrogens is 252 g/mol. The van der Waals surface area contributed by atoms with Crippen molar-refractivity contribution in [2.75, 3.05) is 0 Å². The van der Waals surface area contributed by atoms with Crippen LogP contribution in [0.1, 0.15) is 5.56 Å². The van der Waals surface area contributed by atoms with Crippen LogP contribution in [-0.2, 0) is 0 Å². The van der Waals surface area contributed by atoms with Crippen molar-refractivity contribution in [3.63, 3.8) is 0 Å². The molecule has 0 spiro atoms. The number of aromatic amines is 1. The largest absolute Gasteiger partial charge is 0.361 e. The van der Waals surface area contributed by atoms with E-state index in [1.165, 1.54) is 11.3 Å². The van der Waals surface area contributed by atoms with E-state index >= 15 is 0 Å². The summed E-state index contributed by atoms with van der Waals surface area (Å²) in [5, 5.41) is 12.0. The van der Waals surface area contributed by atoms with Gasteiger partial charge in [-0.2, -0.15) is 5.26 Å². The Morgan fingerprint density at radius 1 is 1.24 bits per heavy atom. The van der Waals surface area contributed by atoms with Gasteiger partial charge in [-0.15, -0.1) is 11.3 Å². The Kier molecular flexibility index (Phi) is 2.40. The van der Waals surface area contributed by atoms with Crippen molar-refractivity contribution in [2.45, 2.75) is 0 Å². The lowest BCUT2D eigenvalue weighted by molar-refractivity contribution is 1.47. The minimum atomic E-state index is 0.668. The second kappa shape index (κ2) is 3.92. The summed E-state index contributed by atoms with van der Waals surface area (Å²) in [5.74, 6) is 0. The average Bonchev–Trinajstić information content (AvgIpc) is 2.94. The zero-order valence-corrected chi connectivity index (χ0v) is 10.3. The predicted molar refractivity (Wildman–Crippen MR) is 71.3 cm³/mol. The first-order chi connectivity index (χ1) is 8.31. The number of hydrogen-bond donors (Lipinski definition) is 1. The predicted octanol–water partition coefficient (Wildman–Crippen LogP) is 4.42. The van der Waals surface area contributed by atoms with Gasteiger partial charge in [-0.1, -0.05) is 17.7 Å². The summed E-state index contributed by atoms with van der Waals surface area (Å²) in [7, 11) is 0. The highest BCUT2D eigenvalue weighted by Crippen LogP contribution is 2.37. The first-order valence-corrected chi connectivity index (χ1v) is 6.30. The van der Waals surface area contributed by atoms with Crippen LogP contribution in [-0.4, -0.2) is 4.98 Å². The zero-order valence-electron chi connectivity index (χ0n) is 8.70. The van der Waals surface area contributed by atoms with Crippen molar-refractivity contribution in [1.82, 2.24) is 4.98 Å². The van der Waals surface area contributed by atoms with Crippen molar-refractivity contribution < 1.29 is 0 Å². The SMILES string of the molecule is N#Cc1cccc2[nH]cc(-c3ccsc3Cl)c12. The number of nitriles is 1. The molecule has 0 unspecified atom stereocenters. The van der Waals surface area contributed by atoms with E-state index in [9.17, 15) is 0 Å². The average molecular weight is 259 g/mol. The second-order valence-corrected chi connectivity index (χ2v) is 5.17. The summed E-state index contributed by atoms with van der Waals surface area (Å²) >= 11 is 7.64. The van der Waals surface area contributed by atoms with Crippen LogP contribution in [0.5, 0.6) is 0 Å². The number of rotatable bonds is 1. The highest BCUT2D eigenvalue weighted by Gasteiger charge is 2.13. The van der Waals surface area contributed by atoms with Crippen molar-refractivity contribution >= 4 is 33.8 Å². The maximum Gasteiger partial charge on any atom is 0.101 e. The lowest BCUT2D eigenvalue weighted by Crippen LogP contribution is -1.78. The molecule has 0 aliphatic carbocycles. The fourth-order valence-corrected chi connectivity index (χ4v) is 2.92. The van der Waals surface area contributed by atoms with Crippen LogP contribution in [0.15, 0.2) is 35.8 Å². The summed E-state index contributed by atoms with van der Waals surface area (Å²) in [6, 6.07) is 9.84. The molecule has 0 bridgehead atoms. The summed E-state index contributed by atoms with van der Waals surface area (Å²) in [6.07, 6.45) is 1.90. The van der Waals surface area contributed by atoms with Gasteiger partial charge in [0.05, 0.1) is 11.6 Å². The Morgan fingerprint density at radius 3 is 2.82 bits per heavy atom. The number of nitrogens with zero attached hydrogens (tertiary/aromatic N) is 1. The fourth-order valence-electron chi connectivity index (χ4n) is 1.98. The summed E-state index contributed by atoms with van der Waals surface area (Å²) in [6.45, 7) is 0. The standard InChI is InChI=1S/C13H7ClN2S/c14-13-9(4-5-17-13)10-7-16-11-3-1-2-8(6-15)12(10)11/h1-5,7,16H. The van der Waals surface area contributed by atoms with Gasteiger partial charge in [0.15, 0.2) is 0 Å². The van der Waals surface area contributed by atoms with Gasteiger partial charge in [0.25, 0.3) is 0 Å². The van der Waals surface area contributed by atoms with Crippen LogP contribution < -0.4 is 0 Å². The van der Waals surface area contributed by atoms with E-state index < -0.39 is 0 Å². The molecule has 1 N–H and O–H groups in total. The first-order valence-electron chi connectivity index (χ1n) is 5.05. The molecule has 2 nitrogen and oxygen atoms in total. The Balaban J connectivity index is 2.39. The van der Waals surface area contributed by atoms with Gasteiger partial charge >= 0.3 is 0 Å². The number of hydrogen-bond acceptors (Lipinski definition) is 2. The summed E-state index contributed by atoms with van der Waals surface area (Å²) in [4.78, 5) is 3.17. The lowest BCUT2D eigenvalue weighted by Gasteiger charge is -1.98. The fraction of sp³-hybridized carbons (Fsp3) is 0. The molecule has 82 valence electrons. The molecule has 0 aliphatic heterocycles. The van der Waals surface area contributed by atoms with Gasteiger partial charge in [-0.05, 0) is 23.6 Å². The van der Waals surface area contributed by atoms with Crippen molar-refractivity contribution in [3.8, 4) is 17.2 Å². The molecule has 1 aromatic carbocycles. The molecule has 0 saturated carbocycles. The molecule has 0 atom stereocenters. The molecule has 0 fully saturated rings. The molecule has 0 aliphatic rings. The van der Waals surface area contributed by atoms with Crippen molar-refractivity contribution in [1.29, 1.82) is 5.26 Å². The molecular formula is C13H7ClN2S. The van der Waals surface area contributed by atoms with E-state index in [4.69, 9.17) is 16.9 Å². The van der Waals surface area contributed by atoms with E-state index in [-0.39, 0.29) is 0 Å². The van der Waals surface area contributed by atoms with Crippen LogP contribution in [0.2, 0.25) is 4.34 Å². The van der Waals surface area contributed by atoms with Crippen LogP contribution in [0.3, 0.4) is 0 Å². The summed E-state index contributed by atoms with van der Waals surface area (Å²) < 4.78 is 0.749. The van der Waals surface area contributed by atoms with Crippen molar-refractivity contribution in [2.24, 2.45) is 0 Å². The third kappa shape index (κ3) is 1.54. The van der Waals surface area contributed by atoms with Crippen LogP contribution in [0, 0.1) is 11.3 Å². The monoisotopic (exact) mass is 258 g/mol. The number of thiophene rings is 1. The van der Waals surface area contributed by atoms with Gasteiger partial charge in [0, 0.05) is 28.2 Å². The topological polar surface area (TPSA) is 39.6 Å². The van der Waals surface area contributed by atoms with Gasteiger partial charge < -0.3 is 4.98 Å². The van der Waals surface area contributed by atoms with Crippen LogP contribution in [0.25, 0.3) is 22.0 Å². The number of fused-ring (bicyclic) bond motifs is 1. The molecule has 0 radical (unpaired) electrons. The maximum atomic E-state index is 9.15. The Morgan fingerprint density at radius 2 is 2.12 bits per heavy atom. The van der Waals surface area contributed by atoms with Gasteiger partial charge in [-0.25, -0.2) is 0 Å². The number of benzene rings is 1. The molecule has 17 heavy (non-hydrogen) atoms. The number of aromatic nitrogens is 1. The Bertz CT molecular complexity index is 733. The minimum absolute atomic E-state index is 0.668. The molecule has 3 aromatic rings. The van der Waals surface area contributed by atoms with E-state index in [0.717, 1.165) is 26.4 Å². The molecule has 0 saturated heterocycles. The normalized spacial score (nSPS) is 10.6. The van der Waals surface area contributed by atoms with Gasteiger partial charge in [0.2, 0.25) is 0 Å². The molecule has 0 amide bonds. The third-order valence-electron chi connectivity index (χ3n) is 2.73. The molecule has 2 heterocycles. The molecule has 3 rings (SSSR count). The van der Waals surface area contributed by atoms with E-state index in [1.807, 2.05) is 35.8 Å². The third-order valence-corrected chi connectivity index (χ3v) is 3.90. The van der Waals surface area contributed by atoms with E-state index in [1.54, 1.807) is 0 Å². The maximum absolute atomic E-state index is 9.15. The Hall–Kier alpha value is -1.76. The van der Waals surface area contributed by atoms with Crippen molar-refractivity contribution in [3.05, 3.63) is 45.7 Å². The number of H-pyrrole nitrogens is 1. The van der Waals surface area contributed by atoms with Gasteiger partial charge in [-0.3, -0.25) is 0 Å². The highest BCUT2D eigenvalue weighted by molar-refractivity contribution is 7.15. The number of nitrogens with one attached hydrogen (secondary N) is 1. The number of halogens is 1. The zero-order chi connectivity index (χ0) is 11.8. The van der Waals surface area contributed by atoms with Crippen LogP contribution in [0.4, 0.5) is 0 Å². The van der Waals surface area contributed by atoms with E-state index in [2.05, 4.69) is 11.1 Å². The first kappa shape index (κ1) is 10.4. The molecule has 2 aromatic heterocycles. The second-order valence-electron chi connectivity index (χ2n) is 3.65. The van der Waals surface area contributed by atoms with Crippen LogP contribution >= 0.6 is 22.9 Å².